The van der Waals surface area contributed by atoms with E-state index < -0.39 is 0 Å². The summed E-state index contributed by atoms with van der Waals surface area (Å²) in [6.45, 7) is 8.41. The molecule has 2 aromatic heterocycles. The van der Waals surface area contributed by atoms with Crippen molar-refractivity contribution in [3.63, 3.8) is 0 Å². The highest BCUT2D eigenvalue weighted by Gasteiger charge is 2.20. The monoisotopic (exact) mass is 290 g/mol. The third-order valence-electron chi connectivity index (χ3n) is 3.40. The lowest BCUT2D eigenvalue weighted by Crippen LogP contribution is -2.37. The molecule has 0 atom stereocenters. The third-order valence-corrected chi connectivity index (χ3v) is 3.40. The second-order valence-electron chi connectivity index (χ2n) is 5.60. The van der Waals surface area contributed by atoms with Crippen LogP contribution in [0.2, 0.25) is 0 Å². The lowest BCUT2D eigenvalue weighted by atomic mass is 10.1. The number of methoxy groups -OCH3 is 1. The minimum Gasteiger partial charge on any atom is -0.468 e. The van der Waals surface area contributed by atoms with Crippen LogP contribution in [0.15, 0.2) is 18.5 Å². The molecule has 0 N–H and O–H groups in total. The number of ether oxygens (including phenoxy) is 1. The quantitative estimate of drug-likeness (QED) is 0.790. The van der Waals surface area contributed by atoms with E-state index in [2.05, 4.69) is 23.9 Å². The molecule has 0 aromatic carbocycles. The Morgan fingerprint density at radius 3 is 2.67 bits per heavy atom. The van der Waals surface area contributed by atoms with Crippen LogP contribution in [0.5, 0.6) is 0 Å². The van der Waals surface area contributed by atoms with Gasteiger partial charge < -0.3 is 9.64 Å². The minimum absolute atomic E-state index is 0.125. The Bertz CT molecular complexity index is 634. The maximum atomic E-state index is 11.6. The van der Waals surface area contributed by atoms with Crippen molar-refractivity contribution in [2.75, 3.05) is 18.6 Å². The van der Waals surface area contributed by atoms with Crippen LogP contribution in [0, 0.1) is 0 Å². The lowest BCUT2D eigenvalue weighted by Gasteiger charge is -2.26. The fourth-order valence-electron chi connectivity index (χ4n) is 2.14. The predicted octanol–water partition coefficient (Wildman–Crippen LogP) is 2.24. The number of fused-ring (bicyclic) bond motifs is 1. The van der Waals surface area contributed by atoms with Gasteiger partial charge in [-0.2, -0.15) is 5.10 Å². The lowest BCUT2D eigenvalue weighted by molar-refractivity contribution is -0.139. The number of carbonyl (C=O) groups is 1. The highest BCUT2D eigenvalue weighted by molar-refractivity contribution is 5.79. The summed E-state index contributed by atoms with van der Waals surface area (Å²) in [5.41, 5.74) is 1.91. The summed E-state index contributed by atoms with van der Waals surface area (Å²) in [6, 6.07) is 2.15. The van der Waals surface area contributed by atoms with Crippen LogP contribution in [-0.2, 0) is 9.53 Å². The molecule has 0 radical (unpaired) electrons. The Balaban J connectivity index is 2.49. The van der Waals surface area contributed by atoms with Gasteiger partial charge >= 0.3 is 5.97 Å². The zero-order valence-corrected chi connectivity index (χ0v) is 13.2. The van der Waals surface area contributed by atoms with Gasteiger partial charge in [-0.3, -0.25) is 4.79 Å². The molecule has 2 rings (SSSR count). The summed E-state index contributed by atoms with van der Waals surface area (Å²) in [5, 5.41) is 4.55. The molecule has 0 aliphatic rings. The summed E-state index contributed by atoms with van der Waals surface area (Å²) in [4.78, 5) is 18.0. The van der Waals surface area contributed by atoms with Gasteiger partial charge in [0.05, 0.1) is 12.8 Å². The van der Waals surface area contributed by atoms with E-state index in [4.69, 9.17) is 4.74 Å². The molecular weight excluding hydrogens is 268 g/mol. The molecule has 0 fully saturated rings. The number of aromatic nitrogens is 3. The van der Waals surface area contributed by atoms with Crippen LogP contribution in [0.1, 0.15) is 39.3 Å². The Morgan fingerprint density at radius 1 is 1.38 bits per heavy atom. The van der Waals surface area contributed by atoms with Crippen LogP contribution < -0.4 is 4.90 Å². The van der Waals surface area contributed by atoms with Gasteiger partial charge in [0.25, 0.3) is 0 Å². The molecule has 0 unspecified atom stereocenters. The minimum atomic E-state index is -0.281. The maximum absolute atomic E-state index is 11.6. The van der Waals surface area contributed by atoms with Crippen molar-refractivity contribution < 1.29 is 9.53 Å². The number of hydrogen-bond acceptors (Lipinski definition) is 5. The fourth-order valence-corrected chi connectivity index (χ4v) is 2.14. The molecule has 0 aliphatic heterocycles. The molecular formula is C15H22N4O2. The van der Waals surface area contributed by atoms with E-state index in [1.807, 2.05) is 35.5 Å². The van der Waals surface area contributed by atoms with Crippen molar-refractivity contribution in [3.05, 3.63) is 24.2 Å². The van der Waals surface area contributed by atoms with E-state index in [0.717, 1.165) is 17.0 Å². The van der Waals surface area contributed by atoms with Crippen molar-refractivity contribution in [2.45, 2.75) is 39.7 Å². The van der Waals surface area contributed by atoms with E-state index in [1.165, 1.54) is 7.11 Å². The number of esters is 1. The third kappa shape index (κ3) is 3.15. The van der Waals surface area contributed by atoms with E-state index in [-0.39, 0.29) is 18.6 Å². The summed E-state index contributed by atoms with van der Waals surface area (Å²) in [5.74, 6) is 0.805. The molecule has 0 spiro atoms. The first-order chi connectivity index (χ1) is 9.93. The first-order valence-corrected chi connectivity index (χ1v) is 7.11. The van der Waals surface area contributed by atoms with Gasteiger partial charge in [-0.15, -0.1) is 0 Å². The smallest absolute Gasteiger partial charge is 0.325 e. The Labute approximate surface area is 124 Å². The Kier molecular flexibility index (Phi) is 4.45. The van der Waals surface area contributed by atoms with Crippen LogP contribution in [-0.4, -0.2) is 40.3 Å². The van der Waals surface area contributed by atoms with Crippen LogP contribution in [0.4, 0.5) is 5.82 Å². The molecule has 0 aliphatic carbocycles. The normalized spacial score (nSPS) is 11.4. The summed E-state index contributed by atoms with van der Waals surface area (Å²) < 4.78 is 6.59. The number of carbonyl (C=O) groups excluding carboxylic acids is 1. The number of nitrogens with zero attached hydrogens (tertiary/aromatic N) is 4. The van der Waals surface area contributed by atoms with Gasteiger partial charge in [-0.05, 0) is 25.8 Å². The predicted molar refractivity (Wildman–Crippen MR) is 81.6 cm³/mol. The number of anilines is 1. The van der Waals surface area contributed by atoms with Crippen LogP contribution >= 0.6 is 0 Å². The topological polar surface area (TPSA) is 59.7 Å². The van der Waals surface area contributed by atoms with Crippen molar-refractivity contribution in [3.8, 4) is 0 Å². The van der Waals surface area contributed by atoms with E-state index >= 15 is 0 Å². The summed E-state index contributed by atoms with van der Waals surface area (Å²) >= 11 is 0. The van der Waals surface area contributed by atoms with E-state index in [9.17, 15) is 4.79 Å². The van der Waals surface area contributed by atoms with Gasteiger partial charge in [-0.25, -0.2) is 9.50 Å². The molecule has 6 nitrogen and oxygen atoms in total. The van der Waals surface area contributed by atoms with Gasteiger partial charge in [0.2, 0.25) is 0 Å². The SMILES string of the molecule is COC(=O)CN(c1nccn2nc(C(C)C)cc12)C(C)C. The van der Waals surface area contributed by atoms with E-state index in [1.54, 1.807) is 6.20 Å². The van der Waals surface area contributed by atoms with Gasteiger partial charge in [-0.1, -0.05) is 13.8 Å². The molecule has 2 aromatic rings. The highest BCUT2D eigenvalue weighted by atomic mass is 16.5. The average Bonchev–Trinajstić information content (AvgIpc) is 2.88. The molecule has 0 bridgehead atoms. The first-order valence-electron chi connectivity index (χ1n) is 7.11. The molecule has 0 saturated carbocycles. The Morgan fingerprint density at radius 2 is 2.10 bits per heavy atom. The standard InChI is InChI=1S/C15H22N4O2/c1-10(2)12-8-13-15(16-6-7-19(13)17-12)18(11(3)4)9-14(20)21-5/h6-8,10-11H,9H2,1-5H3. The van der Waals surface area contributed by atoms with Gasteiger partial charge in [0.15, 0.2) is 5.82 Å². The van der Waals surface area contributed by atoms with Crippen molar-refractivity contribution in [1.82, 2.24) is 14.6 Å². The molecule has 0 saturated heterocycles. The van der Waals surface area contributed by atoms with Crippen LogP contribution in [0.3, 0.4) is 0 Å². The number of rotatable bonds is 5. The summed E-state index contributed by atoms with van der Waals surface area (Å²) in [7, 11) is 1.39. The molecule has 0 amide bonds. The molecule has 114 valence electrons. The van der Waals surface area contributed by atoms with Crippen molar-refractivity contribution in [1.29, 1.82) is 0 Å². The first kappa shape index (κ1) is 15.3. The van der Waals surface area contributed by atoms with Gasteiger partial charge in [0, 0.05) is 18.4 Å². The fraction of sp³-hybridized carbons (Fsp3) is 0.533. The second kappa shape index (κ2) is 6.11. The maximum Gasteiger partial charge on any atom is 0.325 e. The zero-order valence-electron chi connectivity index (χ0n) is 13.2. The molecule has 2 heterocycles. The number of hydrogen-bond donors (Lipinski definition) is 0. The summed E-state index contributed by atoms with van der Waals surface area (Å²) in [6.07, 6.45) is 3.52. The molecule has 6 heteroatoms. The van der Waals surface area contributed by atoms with Crippen molar-refractivity contribution >= 4 is 17.3 Å². The van der Waals surface area contributed by atoms with Crippen LogP contribution in [0.25, 0.3) is 5.52 Å². The molecule has 21 heavy (non-hydrogen) atoms. The van der Waals surface area contributed by atoms with E-state index in [0.29, 0.717) is 5.92 Å². The Hall–Kier alpha value is -2.11. The van der Waals surface area contributed by atoms with Gasteiger partial charge in [0.1, 0.15) is 12.1 Å². The highest BCUT2D eigenvalue weighted by Crippen LogP contribution is 2.24. The average molecular weight is 290 g/mol. The zero-order chi connectivity index (χ0) is 15.6. The largest absolute Gasteiger partial charge is 0.468 e. The second-order valence-corrected chi connectivity index (χ2v) is 5.60. The van der Waals surface area contributed by atoms with Crippen molar-refractivity contribution in [2.24, 2.45) is 0 Å².